The fourth-order valence-corrected chi connectivity index (χ4v) is 13.1. The Balaban J connectivity index is 0.000000228. The average Bonchev–Trinajstić information content (AvgIpc) is 0.988. The lowest BCUT2D eigenvalue weighted by atomic mass is 9.94. The molecule has 0 saturated carbocycles. The van der Waals surface area contributed by atoms with Crippen molar-refractivity contribution in [3.8, 4) is 0 Å². The Morgan fingerprint density at radius 1 is 0.582 bits per heavy atom. The number of H-pyrrole nitrogens is 4. The van der Waals surface area contributed by atoms with E-state index in [9.17, 15) is 29.1 Å². The van der Waals surface area contributed by atoms with E-state index in [1.54, 1.807) is 12.3 Å². The van der Waals surface area contributed by atoms with Crippen LogP contribution in [0, 0.1) is 24.1 Å². The van der Waals surface area contributed by atoms with Gasteiger partial charge < -0.3 is 39.7 Å². The minimum Gasteiger partial charge on any atom is -0.394 e. The number of hydrogen-bond donors (Lipinski definition) is 7. The molecule has 0 radical (unpaired) electrons. The maximum absolute atomic E-state index is 13.3. The first kappa shape index (κ1) is 80.5. The third-order valence-corrected chi connectivity index (χ3v) is 18.9. The zero-order valence-corrected chi connectivity index (χ0v) is 64.4. The molecule has 25 heteroatoms. The van der Waals surface area contributed by atoms with Crippen molar-refractivity contribution in [2.45, 2.75) is 58.9 Å². The molecule has 1 aliphatic heterocycles. The van der Waals surface area contributed by atoms with Crippen LogP contribution in [0.1, 0.15) is 71.9 Å². The second kappa shape index (κ2) is 36.3. The molecule has 0 amide bonds. The van der Waals surface area contributed by atoms with Crippen molar-refractivity contribution in [3.05, 3.63) is 315 Å². The maximum atomic E-state index is 13.3. The molecule has 12 rings (SSSR count). The number of nitrogens with zero attached hydrogens (tertiary/aromatic N) is 8. The summed E-state index contributed by atoms with van der Waals surface area (Å²) in [7, 11) is 11.5. The highest BCUT2D eigenvalue weighted by molar-refractivity contribution is 6.02. The van der Waals surface area contributed by atoms with Gasteiger partial charge in [-0.05, 0) is 193 Å². The first-order chi connectivity index (χ1) is 52.6. The number of aromatic nitrogens is 6. The number of aryl methyl sites for hydroxylation is 2. The van der Waals surface area contributed by atoms with Crippen molar-refractivity contribution in [3.63, 3.8) is 0 Å². The lowest BCUT2D eigenvalue weighted by molar-refractivity contribution is -1.92. The summed E-state index contributed by atoms with van der Waals surface area (Å²) in [6.07, 6.45) is 25.2. The van der Waals surface area contributed by atoms with Crippen LogP contribution in [0.4, 0.5) is 45.6 Å². The summed E-state index contributed by atoms with van der Waals surface area (Å²) in [5.74, 6) is 0.400. The molecule has 7 aromatic carbocycles. The number of allylic oxidation sites excluding steroid dienone is 9. The molecule has 24 nitrogen and oxygen atoms in total. The van der Waals surface area contributed by atoms with E-state index in [0.29, 0.717) is 64.7 Å². The average molecular weight is 1510 g/mol. The van der Waals surface area contributed by atoms with Crippen molar-refractivity contribution in [2.75, 3.05) is 106 Å². The van der Waals surface area contributed by atoms with Crippen LogP contribution in [0.25, 0.3) is 38.8 Å². The predicted molar refractivity (Wildman–Crippen MR) is 435 cm³/mol. The van der Waals surface area contributed by atoms with E-state index in [1.165, 1.54) is 10.3 Å². The molecule has 1 unspecified atom stereocenters. The molecule has 7 N–H and O–H groups in total. The largest absolute Gasteiger partial charge is 0.394 e. The number of benzene rings is 7. The summed E-state index contributed by atoms with van der Waals surface area (Å²) < 4.78 is 42.1. The monoisotopic (exact) mass is 1510 g/mol. The van der Waals surface area contributed by atoms with Crippen LogP contribution >= 0.6 is 0 Å². The number of aromatic amines is 4. The highest BCUT2D eigenvalue weighted by Gasteiger charge is 2.28. The van der Waals surface area contributed by atoms with Crippen LogP contribution in [0.2, 0.25) is 0 Å². The summed E-state index contributed by atoms with van der Waals surface area (Å²) >= 11 is 0. The van der Waals surface area contributed by atoms with Gasteiger partial charge in [-0.3, -0.25) is 44.1 Å². The summed E-state index contributed by atoms with van der Waals surface area (Å²) in [6.45, 7) is 8.79. The topological polar surface area (TPSA) is 316 Å². The Morgan fingerprint density at radius 2 is 1.00 bits per heavy atom. The standard InChI is InChI=1S/C47H52N8O5.C38H39N5O2.ClHO4/c1-7-54(40-24-8-30(2)43-44(40)46(58)51-50-45(43)57)37-21-14-33(15-22-37)39(32-12-19-36(20-13-32)53(5)6)28-34(16-9-31-10-17-35(18-11-31)52(3)4)48-41-26-27-55(47(59)49-41)42-25-23-38(29-56)60-42;1-7-43(34-25-12-26(2)35-36(34)38(45)40-39-37(35)44)32-23-17-29(18-24-32)33(28-15-21-31(22-16-28)42(5)6)11-9-8-10-27-13-19-30(20-14-27)41(3)4;2-1(3,4)5/h8-22,24,26-28,34,38,42,56H,7,23,25,29H2,1-6H3,(H,50,57)(H,51,58)(H,48,49,59);8-25H,7H2,1-6H3,(H-,39,40,44,45);(H,2,3,4,5)/p+1/b16-9+,39-28?;;/t34?,38-,42+;;/m0../s1. The van der Waals surface area contributed by atoms with Gasteiger partial charge in [0.25, 0.3) is 22.2 Å². The molecular weight excluding hydrogens is 1410 g/mol. The first-order valence-electron chi connectivity index (χ1n) is 35.8. The molecule has 0 bridgehead atoms. The first-order valence-corrected chi connectivity index (χ1v) is 37.1. The Morgan fingerprint density at radius 3 is 1.40 bits per heavy atom. The molecule has 3 atom stereocenters. The molecule has 1 aliphatic carbocycles. The number of fused-ring (bicyclic) bond motifs is 2. The van der Waals surface area contributed by atoms with Gasteiger partial charge in [0, 0.05) is 102 Å². The third-order valence-electron chi connectivity index (χ3n) is 18.9. The lowest BCUT2D eigenvalue weighted by Gasteiger charge is -2.25. The Labute approximate surface area is 639 Å². The highest BCUT2D eigenvalue weighted by atomic mass is 35.7. The number of aliphatic hydroxyl groups is 1. The zero-order valence-electron chi connectivity index (χ0n) is 63.7. The molecule has 4 heterocycles. The van der Waals surface area contributed by atoms with Crippen molar-refractivity contribution in [1.82, 2.24) is 29.9 Å². The van der Waals surface area contributed by atoms with Gasteiger partial charge in [-0.2, -0.15) is 19.0 Å². The zero-order chi connectivity index (χ0) is 79.1. The Bertz CT molecular complexity index is 5460. The fraction of sp³-hybridized carbons (Fsp3) is 0.235. The van der Waals surface area contributed by atoms with E-state index in [-0.39, 0.29) is 34.9 Å². The number of ether oxygens (including phenoxy) is 1. The van der Waals surface area contributed by atoms with Crippen LogP contribution in [-0.4, -0.2) is 138 Å². The highest BCUT2D eigenvalue weighted by Crippen LogP contribution is 2.37. The summed E-state index contributed by atoms with van der Waals surface area (Å²) in [6, 6.07) is 50.5. The second-order valence-corrected chi connectivity index (χ2v) is 28.0. The van der Waals surface area contributed by atoms with Crippen LogP contribution in [-0.2, 0) is 4.74 Å². The van der Waals surface area contributed by atoms with Crippen molar-refractivity contribution in [2.24, 2.45) is 0 Å². The maximum Gasteiger partial charge on any atom is 0.351 e. The molecule has 1 saturated heterocycles. The minimum absolute atomic E-state index is 0.0936. The van der Waals surface area contributed by atoms with E-state index in [4.69, 9.17) is 23.4 Å². The smallest absolute Gasteiger partial charge is 0.351 e. The van der Waals surface area contributed by atoms with Crippen LogP contribution in [0.5, 0.6) is 0 Å². The molecule has 0 spiro atoms. The van der Waals surface area contributed by atoms with Gasteiger partial charge in [0.1, 0.15) is 26.1 Å². The molecule has 570 valence electrons. The summed E-state index contributed by atoms with van der Waals surface area (Å²) in [4.78, 5) is 79.6. The lowest BCUT2D eigenvalue weighted by Crippen LogP contribution is -2.58. The van der Waals surface area contributed by atoms with Crippen molar-refractivity contribution < 1.29 is 43.3 Å². The van der Waals surface area contributed by atoms with Gasteiger partial charge in [-0.25, -0.2) is 9.37 Å². The van der Waals surface area contributed by atoms with Gasteiger partial charge in [0.15, 0.2) is 5.71 Å². The van der Waals surface area contributed by atoms with E-state index < -0.39 is 28.2 Å². The SMILES string of the molecule is CCN(c1ccc(C(=CC(/C=C/c2ccc(N(C)C)cc2)Nc2ccn([C@H]3CC[C@@H](CO)O3)c(=O)n2)c2ccc(N(C)C)cc2)cc1)c1ccc(C)c2c(=O)[nH][nH]c(=O)c12.CCN(c1ccc(C(=CC=CC=C2C=CC(=[N+](C)C)C=C2)c2ccc(N(C)C)cc2)cc1)c1ccc(C)c2c(=O)[nH][nH]c(=O)c12.[O-][Cl+3]([O-])([O-])O. The number of halogens is 1. The van der Waals surface area contributed by atoms with Crippen molar-refractivity contribution >= 4 is 90.1 Å². The number of hydrogen-bond acceptors (Lipinski definition) is 18. The molecule has 10 aromatic rings. The van der Waals surface area contributed by atoms with E-state index in [0.717, 1.165) is 84.1 Å². The number of rotatable bonds is 22. The van der Waals surface area contributed by atoms with Crippen molar-refractivity contribution in [1.29, 1.82) is 0 Å². The molecule has 1 fully saturated rings. The number of nitrogens with one attached hydrogen (secondary N) is 5. The molecule has 2 aliphatic rings. The van der Waals surface area contributed by atoms with E-state index >= 15 is 0 Å². The van der Waals surface area contributed by atoms with E-state index in [2.05, 4.69) is 219 Å². The Hall–Kier alpha value is -12.0. The van der Waals surface area contributed by atoms with Gasteiger partial charge in [-0.1, -0.05) is 109 Å². The van der Waals surface area contributed by atoms with E-state index in [1.807, 2.05) is 138 Å². The van der Waals surface area contributed by atoms with Crippen LogP contribution in [0.15, 0.2) is 248 Å². The normalized spacial score (nSPS) is 14.7. The number of anilines is 8. The predicted octanol–water partition coefficient (Wildman–Crippen LogP) is 9.05. The quantitative estimate of drug-likeness (QED) is 0.0246. The minimum atomic E-state index is -4.69. The fourth-order valence-electron chi connectivity index (χ4n) is 13.1. The Kier molecular flexibility index (Phi) is 26.6. The molecule has 110 heavy (non-hydrogen) atoms. The van der Waals surface area contributed by atoms with Gasteiger partial charge in [0.05, 0.1) is 66.6 Å². The van der Waals surface area contributed by atoms with Gasteiger partial charge in [0.2, 0.25) is 0 Å². The summed E-state index contributed by atoms with van der Waals surface area (Å²) in [5, 5.41) is 24.5. The third kappa shape index (κ3) is 20.0. The molecular formula is C85H93ClN13O11+. The summed E-state index contributed by atoms with van der Waals surface area (Å²) in [5.41, 5.74) is 15.5. The second-order valence-electron chi connectivity index (χ2n) is 27.2. The number of aliphatic hydroxyl groups excluding tert-OH is 1. The van der Waals surface area contributed by atoms with Crippen LogP contribution < -0.4 is 71.7 Å². The van der Waals surface area contributed by atoms with Gasteiger partial charge >= 0.3 is 5.69 Å². The molecule has 3 aromatic heterocycles. The van der Waals surface area contributed by atoms with Crippen LogP contribution in [0.3, 0.4) is 0 Å². The van der Waals surface area contributed by atoms with Gasteiger partial charge in [-0.15, -0.1) is 0 Å².